The molecule has 2 aromatic heterocycles. The van der Waals surface area contributed by atoms with Gasteiger partial charge < -0.3 is 9.84 Å². The van der Waals surface area contributed by atoms with Gasteiger partial charge in [0, 0.05) is 17.2 Å². The zero-order chi connectivity index (χ0) is 18.3. The fourth-order valence-corrected chi connectivity index (χ4v) is 2.90. The lowest BCUT2D eigenvalue weighted by Crippen LogP contribution is -2.14. The number of benzene rings is 1. The highest BCUT2D eigenvalue weighted by atomic mass is 16.5. The predicted octanol–water partition coefficient (Wildman–Crippen LogP) is 3.35. The molecule has 0 atom stereocenters. The molecule has 8 heteroatoms. The van der Waals surface area contributed by atoms with Crippen molar-refractivity contribution in [2.75, 3.05) is 5.32 Å². The second kappa shape index (κ2) is 6.36. The Labute approximate surface area is 150 Å². The minimum absolute atomic E-state index is 0.0839. The SMILES string of the molecule is Cc1noc(C(C)C)c1C(=O)Nc1ccc(-c2nnnn2C2CC2)cc1. The lowest BCUT2D eigenvalue weighted by molar-refractivity contribution is 0.102. The Morgan fingerprint density at radius 1 is 1.27 bits per heavy atom. The number of hydrogen-bond donors (Lipinski definition) is 1. The van der Waals surface area contributed by atoms with Crippen LogP contribution in [0.1, 0.15) is 60.5 Å². The van der Waals surface area contributed by atoms with E-state index < -0.39 is 0 Å². The number of nitrogens with zero attached hydrogens (tertiary/aromatic N) is 5. The smallest absolute Gasteiger partial charge is 0.261 e. The summed E-state index contributed by atoms with van der Waals surface area (Å²) >= 11 is 0. The van der Waals surface area contributed by atoms with E-state index in [1.807, 2.05) is 42.8 Å². The van der Waals surface area contributed by atoms with Crippen LogP contribution in [0.2, 0.25) is 0 Å². The van der Waals surface area contributed by atoms with Crippen molar-refractivity contribution in [2.45, 2.75) is 45.6 Å². The zero-order valence-electron chi connectivity index (χ0n) is 14.9. The minimum atomic E-state index is -0.219. The third-order valence-corrected chi connectivity index (χ3v) is 4.43. The summed E-state index contributed by atoms with van der Waals surface area (Å²) in [6, 6.07) is 7.91. The van der Waals surface area contributed by atoms with E-state index in [0.717, 1.165) is 24.2 Å². The first-order valence-electron chi connectivity index (χ1n) is 8.70. The molecule has 1 amide bonds. The Balaban J connectivity index is 1.54. The molecule has 1 N–H and O–H groups in total. The molecule has 1 saturated carbocycles. The second-order valence-electron chi connectivity index (χ2n) is 6.87. The second-order valence-corrected chi connectivity index (χ2v) is 6.87. The topological polar surface area (TPSA) is 98.7 Å². The van der Waals surface area contributed by atoms with Crippen LogP contribution in [0, 0.1) is 6.92 Å². The van der Waals surface area contributed by atoms with Crippen molar-refractivity contribution in [2.24, 2.45) is 0 Å². The highest BCUT2D eigenvalue weighted by Crippen LogP contribution is 2.36. The van der Waals surface area contributed by atoms with Crippen LogP contribution in [0.25, 0.3) is 11.4 Å². The molecule has 0 aliphatic heterocycles. The molecule has 4 rings (SSSR count). The summed E-state index contributed by atoms with van der Waals surface area (Å²) in [7, 11) is 0. The van der Waals surface area contributed by atoms with Crippen LogP contribution >= 0.6 is 0 Å². The number of carbonyl (C=O) groups is 1. The molecule has 0 unspecified atom stereocenters. The average Bonchev–Trinajstić information content (AvgIpc) is 3.20. The highest BCUT2D eigenvalue weighted by molar-refractivity contribution is 6.05. The molecule has 1 aliphatic carbocycles. The van der Waals surface area contributed by atoms with Gasteiger partial charge in [-0.25, -0.2) is 4.68 Å². The van der Waals surface area contributed by atoms with E-state index in [-0.39, 0.29) is 11.8 Å². The number of amides is 1. The van der Waals surface area contributed by atoms with Crippen LogP contribution in [-0.2, 0) is 0 Å². The standard InChI is InChI=1S/C18H20N6O2/c1-10(2)16-15(11(3)21-26-16)18(25)19-13-6-4-12(5-7-13)17-20-22-23-24(17)14-8-9-14/h4-7,10,14H,8-9H2,1-3H3,(H,19,25). The molecule has 26 heavy (non-hydrogen) atoms. The highest BCUT2D eigenvalue weighted by Gasteiger charge is 2.28. The van der Waals surface area contributed by atoms with Gasteiger partial charge in [-0.15, -0.1) is 5.10 Å². The van der Waals surface area contributed by atoms with Gasteiger partial charge in [-0.2, -0.15) is 0 Å². The van der Waals surface area contributed by atoms with E-state index in [1.54, 1.807) is 6.92 Å². The Morgan fingerprint density at radius 2 is 2.00 bits per heavy atom. The summed E-state index contributed by atoms with van der Waals surface area (Å²) in [4.78, 5) is 12.6. The maximum atomic E-state index is 12.6. The summed E-state index contributed by atoms with van der Waals surface area (Å²) in [6.07, 6.45) is 2.23. The molecule has 0 bridgehead atoms. The predicted molar refractivity (Wildman–Crippen MR) is 94.8 cm³/mol. The van der Waals surface area contributed by atoms with Crippen molar-refractivity contribution >= 4 is 11.6 Å². The molecule has 1 aliphatic rings. The first kappa shape index (κ1) is 16.4. The van der Waals surface area contributed by atoms with Gasteiger partial charge in [-0.05, 0) is 54.5 Å². The molecule has 8 nitrogen and oxygen atoms in total. The van der Waals surface area contributed by atoms with E-state index >= 15 is 0 Å². The largest absolute Gasteiger partial charge is 0.360 e. The molecule has 1 fully saturated rings. The molecular weight excluding hydrogens is 332 g/mol. The Bertz CT molecular complexity index is 937. The normalized spacial score (nSPS) is 14.0. The van der Waals surface area contributed by atoms with Gasteiger partial charge in [0.25, 0.3) is 5.91 Å². The van der Waals surface area contributed by atoms with Crippen molar-refractivity contribution in [3.05, 3.63) is 41.3 Å². The maximum Gasteiger partial charge on any atom is 0.261 e. The van der Waals surface area contributed by atoms with Crippen molar-refractivity contribution in [1.82, 2.24) is 25.4 Å². The fourth-order valence-electron chi connectivity index (χ4n) is 2.90. The number of hydrogen-bond acceptors (Lipinski definition) is 6. The number of aromatic nitrogens is 5. The monoisotopic (exact) mass is 352 g/mol. The molecule has 0 spiro atoms. The van der Waals surface area contributed by atoms with Crippen LogP contribution in [0.5, 0.6) is 0 Å². The van der Waals surface area contributed by atoms with Crippen LogP contribution in [-0.4, -0.2) is 31.3 Å². The van der Waals surface area contributed by atoms with Crippen LogP contribution < -0.4 is 5.32 Å². The molecule has 2 heterocycles. The molecule has 0 radical (unpaired) electrons. The fraction of sp³-hybridized carbons (Fsp3) is 0.389. The minimum Gasteiger partial charge on any atom is -0.360 e. The van der Waals surface area contributed by atoms with Crippen molar-refractivity contribution in [3.8, 4) is 11.4 Å². The van der Waals surface area contributed by atoms with Crippen LogP contribution in [0.3, 0.4) is 0 Å². The maximum absolute atomic E-state index is 12.6. The number of tetrazole rings is 1. The van der Waals surface area contributed by atoms with Gasteiger partial charge in [0.05, 0.1) is 11.7 Å². The summed E-state index contributed by atoms with van der Waals surface area (Å²) in [5, 5.41) is 18.8. The first-order valence-corrected chi connectivity index (χ1v) is 8.70. The van der Waals surface area contributed by atoms with Crippen molar-refractivity contribution < 1.29 is 9.32 Å². The van der Waals surface area contributed by atoms with E-state index in [4.69, 9.17) is 4.52 Å². The van der Waals surface area contributed by atoms with Crippen molar-refractivity contribution in [3.63, 3.8) is 0 Å². The third-order valence-electron chi connectivity index (χ3n) is 4.43. The summed E-state index contributed by atoms with van der Waals surface area (Å²) < 4.78 is 7.15. The molecule has 3 aromatic rings. The number of carbonyl (C=O) groups excluding carboxylic acids is 1. The van der Waals surface area contributed by atoms with Crippen molar-refractivity contribution in [1.29, 1.82) is 0 Å². The zero-order valence-corrected chi connectivity index (χ0v) is 14.9. The van der Waals surface area contributed by atoms with E-state index in [9.17, 15) is 4.79 Å². The Kier molecular flexibility index (Phi) is 4.02. The van der Waals surface area contributed by atoms with Crippen LogP contribution in [0.15, 0.2) is 28.8 Å². The van der Waals surface area contributed by atoms with E-state index in [1.165, 1.54) is 0 Å². The molecule has 0 saturated heterocycles. The summed E-state index contributed by atoms with van der Waals surface area (Å²) in [5.74, 6) is 1.21. The average molecular weight is 352 g/mol. The Hall–Kier alpha value is -3.03. The van der Waals surface area contributed by atoms with Gasteiger partial charge >= 0.3 is 0 Å². The quantitative estimate of drug-likeness (QED) is 0.756. The van der Waals surface area contributed by atoms with Gasteiger partial charge in [-0.3, -0.25) is 4.79 Å². The van der Waals surface area contributed by atoms with Gasteiger partial charge in [0.15, 0.2) is 11.6 Å². The number of nitrogens with one attached hydrogen (secondary N) is 1. The number of anilines is 1. The number of rotatable bonds is 5. The summed E-state index contributed by atoms with van der Waals surface area (Å²) in [6.45, 7) is 5.70. The number of aryl methyl sites for hydroxylation is 1. The van der Waals surface area contributed by atoms with E-state index in [2.05, 4.69) is 26.0 Å². The lowest BCUT2D eigenvalue weighted by atomic mass is 10.0. The third kappa shape index (κ3) is 2.98. The van der Waals surface area contributed by atoms with Gasteiger partial charge in [0.2, 0.25) is 0 Å². The summed E-state index contributed by atoms with van der Waals surface area (Å²) in [5.41, 5.74) is 2.71. The van der Waals surface area contributed by atoms with Gasteiger partial charge in [0.1, 0.15) is 5.56 Å². The molecular formula is C18H20N6O2. The lowest BCUT2D eigenvalue weighted by Gasteiger charge is -2.08. The van der Waals surface area contributed by atoms with E-state index in [0.29, 0.717) is 28.7 Å². The Morgan fingerprint density at radius 3 is 2.65 bits per heavy atom. The first-order chi connectivity index (χ1) is 12.5. The van der Waals surface area contributed by atoms with Gasteiger partial charge in [-0.1, -0.05) is 19.0 Å². The van der Waals surface area contributed by atoms with Crippen LogP contribution in [0.4, 0.5) is 5.69 Å². The molecule has 1 aromatic carbocycles. The molecule has 134 valence electrons.